The van der Waals surface area contributed by atoms with Gasteiger partial charge in [-0.1, -0.05) is 259 Å². The fraction of sp³-hybridized carbons (Fsp3) is 0.426. The SMILES string of the molecule is CC(C)c1cc(F)c(F)c(F)c1.CC(C)c1ccc(F)c(C(=O)N2CCOCC2)c1.CC(C)c1ccc(F)c(F)c1.CC(C)c1ccc(N2CCCC2)cc1.CC(C)c1ccc(S(=O)(=O)N(C)C)cc1.CC(C)c1cccc(C(=O)N(C)C)c1.CC(C)c1cccc(F)c1.CC(C)c1cccc(N2CCCS2(=O)=O)c1.CC(C)c1ccccc1F.Cc1cccc(C(C)C)c1. The van der Waals surface area contributed by atoms with Gasteiger partial charge in [0.1, 0.15) is 17.5 Å². The lowest BCUT2D eigenvalue weighted by molar-refractivity contribution is 0.0299. The molecule has 10 aromatic carbocycles. The first-order valence-corrected chi connectivity index (χ1v) is 48.2. The smallest absolute Gasteiger partial charge is 0.256 e. The van der Waals surface area contributed by atoms with Crippen LogP contribution < -0.4 is 9.21 Å². The van der Waals surface area contributed by atoms with Crippen LogP contribution in [-0.4, -0.2) is 123 Å². The van der Waals surface area contributed by atoms with Crippen molar-refractivity contribution in [3.8, 4) is 0 Å². The van der Waals surface area contributed by atoms with E-state index in [-0.39, 0.29) is 58.4 Å². The predicted octanol–water partition coefficient (Wildman–Crippen LogP) is 28.1. The Labute approximate surface area is 774 Å². The summed E-state index contributed by atoms with van der Waals surface area (Å²) < 4.78 is 157. The molecule has 0 aromatic heterocycles. The van der Waals surface area contributed by atoms with E-state index in [4.69, 9.17) is 4.74 Å². The molecule has 3 heterocycles. The van der Waals surface area contributed by atoms with Gasteiger partial charge in [-0.3, -0.25) is 13.9 Å². The third kappa shape index (κ3) is 37.7. The second-order valence-corrected chi connectivity index (χ2v) is 40.1. The molecule has 0 bridgehead atoms. The molecule has 13 rings (SSSR count). The zero-order valence-corrected chi connectivity index (χ0v) is 82.9. The van der Waals surface area contributed by atoms with Gasteiger partial charge in [0.25, 0.3) is 11.8 Å². The molecule has 0 atom stereocenters. The highest BCUT2D eigenvalue weighted by molar-refractivity contribution is 7.93. The number of carbonyl (C=O) groups excluding carboxylic acids is 2. The Balaban J connectivity index is 0.000000304. The van der Waals surface area contributed by atoms with E-state index < -0.39 is 54.9 Å². The van der Waals surface area contributed by atoms with E-state index in [9.17, 15) is 61.5 Å². The number of morpholine rings is 1. The maximum Gasteiger partial charge on any atom is 0.256 e. The maximum absolute atomic E-state index is 13.8. The maximum atomic E-state index is 13.8. The van der Waals surface area contributed by atoms with Crippen molar-refractivity contribution in [2.45, 2.75) is 229 Å². The standard InChI is InChI=1S/C14H18FNO2.C13H19N.C12H17NO2S.C12H17NO.C11H17NO2S.C10H14.C9H9F3.C9H10F2.2C9H11F/c1-10(2)11-3-4-13(15)12(9-11)14(17)16-5-7-18-8-6-16;1-11(2)12-5-7-13(8-6-12)14-9-3-4-10-14;1-10(2)11-5-3-6-12(9-11)13-7-4-8-16(13,14)15;1-9(2)10-6-5-7-11(8-10)12(14)13(3)4;1-9(2)10-5-7-11(8-6-10)15(13,14)12(3)4;1-8(2)10-6-4-5-9(3)7-10;1-5(2)6-3-7(10)9(12)8(11)4-6;1-6(2)7-3-4-8(10)9(11)5-7;1-7(2)8-4-3-5-9(10)6-8;1-7(2)8-5-3-4-6-9(8)10/h3-4,9-10H,5-8H2,1-2H3;5-8,11H,3-4,9-10H2,1-2H3;3,5-6,9-10H,4,7-8H2,1-2H3;5-9H,1-4H3;5-9H,1-4H3;4-8H,1-3H3;3-5H,1-2H3;3-6H,1-2H3;2*3-7H,1-2H3. The summed E-state index contributed by atoms with van der Waals surface area (Å²) in [6.07, 6.45) is 3.44. The molecule has 0 saturated carbocycles. The molecule has 22 heteroatoms. The summed E-state index contributed by atoms with van der Waals surface area (Å²) >= 11 is 0. The molecule has 710 valence electrons. The number of rotatable bonds is 16. The fourth-order valence-corrected chi connectivity index (χ4v) is 15.6. The summed E-state index contributed by atoms with van der Waals surface area (Å²) in [5, 5.41) is 0. The predicted molar refractivity (Wildman–Crippen MR) is 523 cm³/mol. The molecular formula is C108H143F8N5O7S2. The zero-order chi connectivity index (χ0) is 97.6. The zero-order valence-electron chi connectivity index (χ0n) is 81.3. The average molecular weight is 1840 g/mol. The molecule has 10 aromatic rings. The first-order valence-electron chi connectivity index (χ1n) is 45.1. The minimum absolute atomic E-state index is 0.00500. The molecule has 3 aliphatic heterocycles. The number of anilines is 2. The van der Waals surface area contributed by atoms with Gasteiger partial charge in [-0.2, -0.15) is 0 Å². The minimum Gasteiger partial charge on any atom is -0.378 e. The van der Waals surface area contributed by atoms with Crippen LogP contribution in [0.3, 0.4) is 0 Å². The van der Waals surface area contributed by atoms with Crippen LogP contribution in [0.25, 0.3) is 0 Å². The van der Waals surface area contributed by atoms with E-state index in [0.29, 0.717) is 78.8 Å². The Morgan fingerprint density at radius 2 is 0.792 bits per heavy atom. The number of hydrogen-bond donors (Lipinski definition) is 0. The highest BCUT2D eigenvalue weighted by Gasteiger charge is 2.29. The van der Waals surface area contributed by atoms with E-state index >= 15 is 0 Å². The first kappa shape index (κ1) is 112. The number of halogens is 8. The second kappa shape index (κ2) is 55.4. The van der Waals surface area contributed by atoms with Gasteiger partial charge in [-0.05, 0) is 244 Å². The minimum atomic E-state index is -3.29. The molecule has 130 heavy (non-hydrogen) atoms. The van der Waals surface area contributed by atoms with Crippen LogP contribution in [-0.2, 0) is 24.8 Å². The largest absolute Gasteiger partial charge is 0.378 e. The van der Waals surface area contributed by atoms with E-state index in [1.54, 1.807) is 86.3 Å². The summed E-state index contributed by atoms with van der Waals surface area (Å²) in [4.78, 5) is 29.9. The lowest BCUT2D eigenvalue weighted by atomic mass is 10.00. The van der Waals surface area contributed by atoms with Gasteiger partial charge in [0, 0.05) is 72.2 Å². The van der Waals surface area contributed by atoms with Gasteiger partial charge in [0.2, 0.25) is 20.0 Å². The molecule has 3 saturated heterocycles. The van der Waals surface area contributed by atoms with Crippen LogP contribution >= 0.6 is 0 Å². The Kier molecular flexibility index (Phi) is 47.8. The number of hydrogen-bond acceptors (Lipinski definition) is 8. The number of aryl methyl sites for hydroxylation is 1. The van der Waals surface area contributed by atoms with Gasteiger partial charge >= 0.3 is 0 Å². The Morgan fingerprint density at radius 3 is 1.22 bits per heavy atom. The second-order valence-electron chi connectivity index (χ2n) is 36.0. The quantitative estimate of drug-likeness (QED) is 0.0691. The van der Waals surface area contributed by atoms with Crippen molar-refractivity contribution in [3.63, 3.8) is 0 Å². The molecule has 2 amide bonds. The lowest BCUT2D eigenvalue weighted by Gasteiger charge is -2.27. The van der Waals surface area contributed by atoms with Gasteiger partial charge in [-0.25, -0.2) is 56.3 Å². The highest BCUT2D eigenvalue weighted by atomic mass is 32.2. The van der Waals surface area contributed by atoms with Gasteiger partial charge in [0.05, 0.1) is 35.1 Å². The summed E-state index contributed by atoms with van der Waals surface area (Å²) in [6.45, 7) is 48.4. The van der Waals surface area contributed by atoms with Crippen LogP contribution in [0.4, 0.5) is 46.5 Å². The number of ether oxygens (including phenoxy) is 1. The Morgan fingerprint density at radius 1 is 0.369 bits per heavy atom. The number of nitrogens with zero attached hydrogens (tertiary/aromatic N) is 5. The van der Waals surface area contributed by atoms with Crippen molar-refractivity contribution in [2.24, 2.45) is 0 Å². The molecular weight excluding hydrogens is 1700 g/mol. The van der Waals surface area contributed by atoms with Crippen molar-refractivity contribution in [1.82, 2.24) is 14.1 Å². The summed E-state index contributed by atoms with van der Waals surface area (Å²) in [7, 11) is 0.268. The third-order valence-corrected chi connectivity index (χ3v) is 25.4. The third-order valence-electron chi connectivity index (χ3n) is 21.7. The van der Waals surface area contributed by atoms with Crippen molar-refractivity contribution in [1.29, 1.82) is 0 Å². The average Bonchev–Trinajstić information content (AvgIpc) is 1.63. The van der Waals surface area contributed by atoms with Gasteiger partial charge < -0.3 is 19.4 Å². The number of carbonyl (C=O) groups is 2. The van der Waals surface area contributed by atoms with E-state index in [1.807, 2.05) is 114 Å². The molecule has 0 aliphatic carbocycles. The lowest BCUT2D eigenvalue weighted by Crippen LogP contribution is -2.41. The number of sulfonamides is 2. The van der Waals surface area contributed by atoms with Crippen molar-refractivity contribution in [3.05, 3.63) is 337 Å². The molecule has 3 fully saturated rings. The molecule has 0 spiro atoms. The van der Waals surface area contributed by atoms with E-state index in [2.05, 4.69) is 150 Å². The highest BCUT2D eigenvalue weighted by Crippen LogP contribution is 2.30. The molecule has 12 nitrogen and oxygen atoms in total. The van der Waals surface area contributed by atoms with Gasteiger partial charge in [-0.15, -0.1) is 0 Å². The first-order chi connectivity index (χ1) is 61.0. The summed E-state index contributed by atoms with van der Waals surface area (Å²) in [5.41, 5.74) is 15.0. The molecule has 0 N–H and O–H groups in total. The monoisotopic (exact) mass is 1840 g/mol. The normalized spacial score (nSPS) is 13.2. The van der Waals surface area contributed by atoms with Crippen LogP contribution in [0.2, 0.25) is 0 Å². The molecule has 3 aliphatic rings. The molecule has 0 radical (unpaired) electrons. The van der Waals surface area contributed by atoms with E-state index in [0.717, 1.165) is 63.7 Å². The summed E-state index contributed by atoms with van der Waals surface area (Å²) in [5.74, 6) is -2.00. The van der Waals surface area contributed by atoms with Crippen molar-refractivity contribution < 1.29 is 66.3 Å². The van der Waals surface area contributed by atoms with Crippen LogP contribution in [0.15, 0.2) is 223 Å². The fourth-order valence-electron chi connectivity index (χ4n) is 13.2. The van der Waals surface area contributed by atoms with Crippen LogP contribution in [0.5, 0.6) is 0 Å². The number of amides is 2. The van der Waals surface area contributed by atoms with Crippen LogP contribution in [0.1, 0.15) is 299 Å². The molecule has 0 unspecified atom stereocenters. The van der Waals surface area contributed by atoms with Crippen molar-refractivity contribution in [2.75, 3.05) is 89.1 Å². The van der Waals surface area contributed by atoms with Crippen molar-refractivity contribution >= 4 is 43.2 Å². The van der Waals surface area contributed by atoms with Gasteiger partial charge in [0.15, 0.2) is 29.1 Å². The Bertz CT molecular complexity index is 5250. The van der Waals surface area contributed by atoms with Crippen LogP contribution in [0, 0.1) is 53.5 Å². The summed E-state index contributed by atoms with van der Waals surface area (Å²) in [6, 6.07) is 64.8. The number of benzene rings is 10. The van der Waals surface area contributed by atoms with E-state index in [1.165, 1.54) is 106 Å². The topological polar surface area (TPSA) is 128 Å². The Hall–Kier alpha value is -10.0.